The lowest BCUT2D eigenvalue weighted by molar-refractivity contribution is 0.102. The summed E-state index contributed by atoms with van der Waals surface area (Å²) in [4.78, 5) is 15.7. The van der Waals surface area contributed by atoms with Crippen LogP contribution in [0.15, 0.2) is 30.5 Å². The van der Waals surface area contributed by atoms with Crippen molar-refractivity contribution in [2.45, 2.75) is 0 Å². The number of pyridine rings is 1. The first-order valence-corrected chi connectivity index (χ1v) is 5.92. The third-order valence-corrected chi connectivity index (χ3v) is 2.86. The molecular weight excluding hydrogens is 305 g/mol. The Kier molecular flexibility index (Phi) is 2.86. The standard InChI is InChI=1S/C11H8INO2/c12-6-10(15)7-3-4-9(14)11-8(7)2-1-5-13-11/h1-5,14H,6H2. The highest BCUT2D eigenvalue weighted by atomic mass is 127. The number of phenolic OH excluding ortho intramolecular Hbond substituents is 1. The number of Topliss-reactive ketones (excluding diaryl/α,β-unsaturated/α-hetero) is 1. The van der Waals surface area contributed by atoms with Gasteiger partial charge in [-0.1, -0.05) is 28.7 Å². The molecule has 15 heavy (non-hydrogen) atoms. The van der Waals surface area contributed by atoms with Crippen LogP contribution in [-0.4, -0.2) is 20.3 Å². The van der Waals surface area contributed by atoms with Gasteiger partial charge in [0, 0.05) is 17.1 Å². The monoisotopic (exact) mass is 313 g/mol. The van der Waals surface area contributed by atoms with E-state index in [1.165, 1.54) is 6.07 Å². The molecule has 0 atom stereocenters. The summed E-state index contributed by atoms with van der Waals surface area (Å²) in [7, 11) is 0. The van der Waals surface area contributed by atoms with Crippen molar-refractivity contribution in [2.24, 2.45) is 0 Å². The quantitative estimate of drug-likeness (QED) is 0.527. The Labute approximate surface area is 100 Å². The predicted octanol–water partition coefficient (Wildman–Crippen LogP) is 2.56. The minimum atomic E-state index is 0.0496. The van der Waals surface area contributed by atoms with Crippen molar-refractivity contribution >= 4 is 39.3 Å². The summed E-state index contributed by atoms with van der Waals surface area (Å²) in [5.74, 6) is 0.157. The first-order valence-electron chi connectivity index (χ1n) is 4.40. The molecular formula is C11H8INO2. The lowest BCUT2D eigenvalue weighted by Crippen LogP contribution is -2.01. The zero-order valence-electron chi connectivity index (χ0n) is 7.77. The van der Waals surface area contributed by atoms with E-state index in [1.807, 2.05) is 22.6 Å². The molecule has 1 heterocycles. The SMILES string of the molecule is O=C(CI)c1ccc(O)c2ncccc12. The van der Waals surface area contributed by atoms with Crippen LogP contribution in [0.5, 0.6) is 5.75 Å². The van der Waals surface area contributed by atoms with Crippen molar-refractivity contribution in [1.82, 2.24) is 4.98 Å². The van der Waals surface area contributed by atoms with E-state index in [-0.39, 0.29) is 11.5 Å². The summed E-state index contributed by atoms with van der Waals surface area (Å²) in [5.41, 5.74) is 1.10. The minimum Gasteiger partial charge on any atom is -0.506 e. The molecule has 3 nitrogen and oxygen atoms in total. The highest BCUT2D eigenvalue weighted by Gasteiger charge is 2.11. The van der Waals surface area contributed by atoms with Crippen molar-refractivity contribution in [3.63, 3.8) is 0 Å². The van der Waals surface area contributed by atoms with Gasteiger partial charge in [-0.2, -0.15) is 0 Å². The number of aromatic hydroxyl groups is 1. The molecule has 4 heteroatoms. The van der Waals surface area contributed by atoms with E-state index >= 15 is 0 Å². The molecule has 0 saturated carbocycles. The molecule has 0 unspecified atom stereocenters. The second-order valence-electron chi connectivity index (χ2n) is 3.09. The number of nitrogens with zero attached hydrogens (tertiary/aromatic N) is 1. The molecule has 2 rings (SSSR count). The number of ketones is 1. The van der Waals surface area contributed by atoms with Crippen LogP contribution in [0, 0.1) is 0 Å². The highest BCUT2D eigenvalue weighted by Crippen LogP contribution is 2.25. The smallest absolute Gasteiger partial charge is 0.173 e. The number of phenols is 1. The first kappa shape index (κ1) is 10.4. The van der Waals surface area contributed by atoms with E-state index < -0.39 is 0 Å². The van der Waals surface area contributed by atoms with E-state index in [1.54, 1.807) is 24.4 Å². The molecule has 0 fully saturated rings. The van der Waals surface area contributed by atoms with Gasteiger partial charge in [-0.15, -0.1) is 0 Å². The fourth-order valence-corrected chi connectivity index (χ4v) is 1.88. The molecule has 1 aromatic carbocycles. The molecule has 0 radical (unpaired) electrons. The number of hydrogen-bond acceptors (Lipinski definition) is 3. The van der Waals surface area contributed by atoms with Crippen LogP contribution >= 0.6 is 22.6 Å². The zero-order valence-corrected chi connectivity index (χ0v) is 9.93. The molecule has 0 aliphatic heterocycles. The van der Waals surface area contributed by atoms with Crippen molar-refractivity contribution in [3.8, 4) is 5.75 Å². The van der Waals surface area contributed by atoms with Crippen LogP contribution in [0.2, 0.25) is 0 Å². The molecule has 0 bridgehead atoms. The van der Waals surface area contributed by atoms with Gasteiger partial charge < -0.3 is 5.11 Å². The van der Waals surface area contributed by atoms with Crippen LogP contribution < -0.4 is 0 Å². The number of hydrogen-bond donors (Lipinski definition) is 1. The number of aromatic nitrogens is 1. The summed E-state index contributed by atoms with van der Waals surface area (Å²) < 4.78 is 0.423. The van der Waals surface area contributed by atoms with Crippen LogP contribution in [0.4, 0.5) is 0 Å². The average Bonchev–Trinajstić information content (AvgIpc) is 2.29. The zero-order chi connectivity index (χ0) is 10.8. The van der Waals surface area contributed by atoms with Gasteiger partial charge in [0.2, 0.25) is 0 Å². The summed E-state index contributed by atoms with van der Waals surface area (Å²) in [6, 6.07) is 6.70. The Hall–Kier alpha value is -1.17. The number of benzene rings is 1. The molecule has 0 spiro atoms. The fourth-order valence-electron chi connectivity index (χ4n) is 1.47. The molecule has 0 aliphatic carbocycles. The predicted molar refractivity (Wildman–Crippen MR) is 66.6 cm³/mol. The molecule has 1 aromatic heterocycles. The first-order chi connectivity index (χ1) is 7.24. The third-order valence-electron chi connectivity index (χ3n) is 2.17. The van der Waals surface area contributed by atoms with E-state index in [4.69, 9.17) is 0 Å². The van der Waals surface area contributed by atoms with Crippen LogP contribution in [0.3, 0.4) is 0 Å². The molecule has 0 aliphatic rings. The Morgan fingerprint density at radius 2 is 2.20 bits per heavy atom. The largest absolute Gasteiger partial charge is 0.506 e. The molecule has 0 saturated heterocycles. The van der Waals surface area contributed by atoms with Gasteiger partial charge in [-0.25, -0.2) is 0 Å². The summed E-state index contributed by atoms with van der Waals surface area (Å²) >= 11 is 2.03. The molecule has 2 aromatic rings. The summed E-state index contributed by atoms with van der Waals surface area (Å²) in [6.45, 7) is 0. The average molecular weight is 313 g/mol. The van der Waals surface area contributed by atoms with Crippen molar-refractivity contribution in [1.29, 1.82) is 0 Å². The number of carbonyl (C=O) groups excluding carboxylic acids is 1. The van der Waals surface area contributed by atoms with E-state index in [0.717, 1.165) is 0 Å². The van der Waals surface area contributed by atoms with Gasteiger partial charge in [0.25, 0.3) is 0 Å². The van der Waals surface area contributed by atoms with Gasteiger partial charge in [-0.05, 0) is 18.2 Å². The van der Waals surface area contributed by atoms with Crippen LogP contribution in [-0.2, 0) is 0 Å². The second kappa shape index (κ2) is 4.14. The van der Waals surface area contributed by atoms with Gasteiger partial charge >= 0.3 is 0 Å². The Bertz CT molecular complexity index is 525. The van der Waals surface area contributed by atoms with Crippen LogP contribution in [0.1, 0.15) is 10.4 Å². The van der Waals surface area contributed by atoms with Gasteiger partial charge in [0.05, 0.1) is 4.43 Å². The van der Waals surface area contributed by atoms with E-state index in [0.29, 0.717) is 20.9 Å². The van der Waals surface area contributed by atoms with Crippen LogP contribution in [0.25, 0.3) is 10.9 Å². The maximum absolute atomic E-state index is 11.6. The third kappa shape index (κ3) is 1.81. The maximum Gasteiger partial charge on any atom is 0.173 e. The Morgan fingerprint density at radius 3 is 2.93 bits per heavy atom. The molecule has 76 valence electrons. The van der Waals surface area contributed by atoms with E-state index in [2.05, 4.69) is 4.98 Å². The van der Waals surface area contributed by atoms with Gasteiger partial charge in [0.1, 0.15) is 11.3 Å². The Morgan fingerprint density at radius 1 is 1.40 bits per heavy atom. The lowest BCUT2D eigenvalue weighted by atomic mass is 10.1. The molecule has 1 N–H and O–H groups in total. The summed E-state index contributed by atoms with van der Waals surface area (Å²) in [6.07, 6.45) is 1.60. The normalized spacial score (nSPS) is 10.5. The lowest BCUT2D eigenvalue weighted by Gasteiger charge is -2.04. The summed E-state index contributed by atoms with van der Waals surface area (Å²) in [5, 5.41) is 10.3. The number of alkyl halides is 1. The van der Waals surface area contributed by atoms with Crippen molar-refractivity contribution in [3.05, 3.63) is 36.0 Å². The number of rotatable bonds is 2. The van der Waals surface area contributed by atoms with Crippen molar-refractivity contribution in [2.75, 3.05) is 4.43 Å². The topological polar surface area (TPSA) is 50.2 Å². The minimum absolute atomic E-state index is 0.0496. The molecule has 0 amide bonds. The number of fused-ring (bicyclic) bond motifs is 1. The van der Waals surface area contributed by atoms with E-state index in [9.17, 15) is 9.90 Å². The van der Waals surface area contributed by atoms with Crippen molar-refractivity contribution < 1.29 is 9.90 Å². The number of halogens is 1. The highest BCUT2D eigenvalue weighted by molar-refractivity contribution is 14.1. The van der Waals surface area contributed by atoms with Gasteiger partial charge in [0.15, 0.2) is 5.78 Å². The number of carbonyl (C=O) groups is 1. The maximum atomic E-state index is 11.6. The fraction of sp³-hybridized carbons (Fsp3) is 0.0909. The van der Waals surface area contributed by atoms with Gasteiger partial charge in [-0.3, -0.25) is 9.78 Å². The second-order valence-corrected chi connectivity index (χ2v) is 3.85. The Balaban J connectivity index is 2.77.